The molecule has 19 heavy (non-hydrogen) atoms. The quantitative estimate of drug-likeness (QED) is 0.880. The van der Waals surface area contributed by atoms with Crippen molar-refractivity contribution in [1.82, 2.24) is 4.98 Å². The highest BCUT2D eigenvalue weighted by Gasteiger charge is 2.14. The second kappa shape index (κ2) is 5.38. The maximum Gasteiger partial charge on any atom is 0.278 e. The molecular weight excluding hydrogens is 266 g/mol. The van der Waals surface area contributed by atoms with Crippen LogP contribution in [-0.2, 0) is 0 Å². The van der Waals surface area contributed by atoms with Crippen molar-refractivity contribution < 1.29 is 9.90 Å². The van der Waals surface area contributed by atoms with Crippen LogP contribution in [0.2, 0.25) is 5.02 Å². The van der Waals surface area contributed by atoms with Crippen LogP contribution in [-0.4, -0.2) is 16.0 Å². The molecule has 0 aliphatic rings. The summed E-state index contributed by atoms with van der Waals surface area (Å²) >= 11 is 5.92. The van der Waals surface area contributed by atoms with Gasteiger partial charge in [-0.1, -0.05) is 11.6 Å². The highest BCUT2D eigenvalue weighted by Crippen LogP contribution is 2.24. The SMILES string of the molecule is N#Cc1ccc(Cl)c(NC(=O)c2ncccc2O)c1. The van der Waals surface area contributed by atoms with E-state index in [-0.39, 0.29) is 17.1 Å². The molecule has 94 valence electrons. The average Bonchev–Trinajstić information content (AvgIpc) is 2.41. The lowest BCUT2D eigenvalue weighted by molar-refractivity contribution is 0.101. The Morgan fingerprint density at radius 1 is 1.42 bits per heavy atom. The second-order valence-corrected chi connectivity index (χ2v) is 4.04. The minimum absolute atomic E-state index is 0.110. The van der Waals surface area contributed by atoms with Crippen molar-refractivity contribution in [2.24, 2.45) is 0 Å². The zero-order valence-electron chi connectivity index (χ0n) is 9.59. The van der Waals surface area contributed by atoms with Crippen molar-refractivity contribution in [2.75, 3.05) is 5.32 Å². The molecule has 1 amide bonds. The summed E-state index contributed by atoms with van der Waals surface area (Å²) in [6.07, 6.45) is 1.39. The number of amides is 1. The van der Waals surface area contributed by atoms with Crippen LogP contribution in [0.4, 0.5) is 5.69 Å². The number of halogens is 1. The molecule has 0 saturated carbocycles. The average molecular weight is 274 g/mol. The fourth-order valence-electron chi connectivity index (χ4n) is 1.44. The lowest BCUT2D eigenvalue weighted by atomic mass is 10.2. The van der Waals surface area contributed by atoms with Gasteiger partial charge in [-0.2, -0.15) is 5.26 Å². The van der Waals surface area contributed by atoms with E-state index in [0.717, 1.165) is 0 Å². The van der Waals surface area contributed by atoms with E-state index in [9.17, 15) is 9.90 Å². The van der Waals surface area contributed by atoms with E-state index in [0.29, 0.717) is 10.6 Å². The van der Waals surface area contributed by atoms with Gasteiger partial charge in [0.25, 0.3) is 5.91 Å². The van der Waals surface area contributed by atoms with Gasteiger partial charge in [-0.15, -0.1) is 0 Å². The number of benzene rings is 1. The maximum atomic E-state index is 11.9. The molecule has 0 atom stereocenters. The zero-order chi connectivity index (χ0) is 13.8. The van der Waals surface area contributed by atoms with Gasteiger partial charge < -0.3 is 10.4 Å². The number of carbonyl (C=O) groups excluding carboxylic acids is 1. The number of hydrogen-bond acceptors (Lipinski definition) is 4. The molecule has 2 rings (SSSR count). The second-order valence-electron chi connectivity index (χ2n) is 3.63. The van der Waals surface area contributed by atoms with Gasteiger partial charge in [0.1, 0.15) is 5.75 Å². The van der Waals surface area contributed by atoms with Crippen molar-refractivity contribution in [3.8, 4) is 11.8 Å². The fraction of sp³-hybridized carbons (Fsp3) is 0. The smallest absolute Gasteiger partial charge is 0.278 e. The molecular formula is C13H8ClN3O2. The van der Waals surface area contributed by atoms with E-state index in [4.69, 9.17) is 16.9 Å². The lowest BCUT2D eigenvalue weighted by Crippen LogP contribution is -2.14. The molecule has 0 aliphatic carbocycles. The molecule has 1 aromatic carbocycles. The maximum absolute atomic E-state index is 11.9. The first-order valence-electron chi connectivity index (χ1n) is 5.27. The number of aromatic nitrogens is 1. The first kappa shape index (κ1) is 12.9. The number of rotatable bonds is 2. The number of hydrogen-bond donors (Lipinski definition) is 2. The molecule has 0 saturated heterocycles. The van der Waals surface area contributed by atoms with Gasteiger partial charge in [-0.3, -0.25) is 4.79 Å². The van der Waals surface area contributed by atoms with Gasteiger partial charge in [-0.25, -0.2) is 4.98 Å². The van der Waals surface area contributed by atoms with Crippen LogP contribution >= 0.6 is 11.6 Å². The first-order valence-corrected chi connectivity index (χ1v) is 5.64. The van der Waals surface area contributed by atoms with Crippen molar-refractivity contribution in [2.45, 2.75) is 0 Å². The number of anilines is 1. The number of nitriles is 1. The third kappa shape index (κ3) is 2.81. The molecule has 2 N–H and O–H groups in total. The number of pyridine rings is 1. The van der Waals surface area contributed by atoms with E-state index in [1.54, 1.807) is 0 Å². The highest BCUT2D eigenvalue weighted by molar-refractivity contribution is 6.34. The highest BCUT2D eigenvalue weighted by atomic mass is 35.5. The molecule has 0 radical (unpaired) electrons. The van der Waals surface area contributed by atoms with Gasteiger partial charge in [0, 0.05) is 6.20 Å². The molecule has 2 aromatic rings. The van der Waals surface area contributed by atoms with Gasteiger partial charge in [0.2, 0.25) is 0 Å². The topological polar surface area (TPSA) is 86.0 Å². The van der Waals surface area contributed by atoms with Crippen LogP contribution < -0.4 is 5.32 Å². The summed E-state index contributed by atoms with van der Waals surface area (Å²) < 4.78 is 0. The predicted molar refractivity (Wildman–Crippen MR) is 70.0 cm³/mol. The van der Waals surface area contributed by atoms with E-state index < -0.39 is 5.91 Å². The van der Waals surface area contributed by atoms with Crippen molar-refractivity contribution in [3.05, 3.63) is 52.8 Å². The summed E-state index contributed by atoms with van der Waals surface area (Å²) in [5.74, 6) is -0.831. The summed E-state index contributed by atoms with van der Waals surface area (Å²) in [6.45, 7) is 0. The third-order valence-corrected chi connectivity index (χ3v) is 2.67. The monoisotopic (exact) mass is 273 g/mol. The molecule has 0 spiro atoms. The summed E-state index contributed by atoms with van der Waals surface area (Å²) in [5, 5.41) is 21.1. The molecule has 6 heteroatoms. The van der Waals surface area contributed by atoms with Crippen LogP contribution in [0.25, 0.3) is 0 Å². The Balaban J connectivity index is 2.30. The minimum Gasteiger partial charge on any atom is -0.505 e. The van der Waals surface area contributed by atoms with Gasteiger partial charge in [0.15, 0.2) is 5.69 Å². The van der Waals surface area contributed by atoms with Gasteiger partial charge in [-0.05, 0) is 30.3 Å². The minimum atomic E-state index is -0.602. The Morgan fingerprint density at radius 3 is 2.89 bits per heavy atom. The van der Waals surface area contributed by atoms with E-state index in [1.165, 1.54) is 36.5 Å². The summed E-state index contributed by atoms with van der Waals surface area (Å²) in [7, 11) is 0. The van der Waals surface area contributed by atoms with E-state index >= 15 is 0 Å². The number of nitrogens with one attached hydrogen (secondary N) is 1. The van der Waals surface area contributed by atoms with Crippen molar-refractivity contribution in [1.29, 1.82) is 5.26 Å². The largest absolute Gasteiger partial charge is 0.505 e. The molecule has 0 unspecified atom stereocenters. The van der Waals surface area contributed by atoms with Crippen LogP contribution in [0.3, 0.4) is 0 Å². The zero-order valence-corrected chi connectivity index (χ0v) is 10.3. The van der Waals surface area contributed by atoms with Crippen molar-refractivity contribution in [3.63, 3.8) is 0 Å². The molecule has 1 aromatic heterocycles. The summed E-state index contributed by atoms with van der Waals surface area (Å²) in [6, 6.07) is 9.30. The Bertz CT molecular complexity index is 680. The van der Waals surface area contributed by atoms with Crippen LogP contribution in [0.15, 0.2) is 36.5 Å². The Hall–Kier alpha value is -2.58. The number of carbonyl (C=O) groups is 1. The Morgan fingerprint density at radius 2 is 2.21 bits per heavy atom. The van der Waals surface area contributed by atoms with Crippen LogP contribution in [0.5, 0.6) is 5.75 Å². The van der Waals surface area contributed by atoms with Gasteiger partial charge >= 0.3 is 0 Å². The molecule has 0 aliphatic heterocycles. The fourth-order valence-corrected chi connectivity index (χ4v) is 1.61. The van der Waals surface area contributed by atoms with Crippen LogP contribution in [0, 0.1) is 11.3 Å². The van der Waals surface area contributed by atoms with Crippen molar-refractivity contribution >= 4 is 23.2 Å². The molecule has 0 bridgehead atoms. The molecule has 5 nitrogen and oxygen atoms in total. The first-order chi connectivity index (χ1) is 9.11. The normalized spacial score (nSPS) is 9.68. The molecule has 1 heterocycles. The third-order valence-electron chi connectivity index (χ3n) is 2.35. The summed E-state index contributed by atoms with van der Waals surface area (Å²) in [4.78, 5) is 15.7. The Kier molecular flexibility index (Phi) is 3.64. The van der Waals surface area contributed by atoms with E-state index in [1.807, 2.05) is 6.07 Å². The van der Waals surface area contributed by atoms with Gasteiger partial charge in [0.05, 0.1) is 22.3 Å². The standard InChI is InChI=1S/C13H8ClN3O2/c14-9-4-3-8(7-15)6-10(9)17-13(19)12-11(18)2-1-5-16-12/h1-6,18H,(H,17,19). The Labute approximate surface area is 114 Å². The van der Waals surface area contributed by atoms with Crippen LogP contribution in [0.1, 0.15) is 16.1 Å². The van der Waals surface area contributed by atoms with E-state index in [2.05, 4.69) is 10.3 Å². The number of aromatic hydroxyl groups is 1. The lowest BCUT2D eigenvalue weighted by Gasteiger charge is -2.07. The summed E-state index contributed by atoms with van der Waals surface area (Å²) in [5.41, 5.74) is 0.543. The predicted octanol–water partition coefficient (Wildman–Crippen LogP) is 2.56. The number of nitrogens with zero attached hydrogens (tertiary/aromatic N) is 2. The molecule has 0 fully saturated rings.